The van der Waals surface area contributed by atoms with Crippen molar-refractivity contribution in [2.75, 3.05) is 39.3 Å². The van der Waals surface area contributed by atoms with Crippen molar-refractivity contribution in [3.63, 3.8) is 0 Å². The average molecular weight is 315 g/mol. The van der Waals surface area contributed by atoms with Crippen molar-refractivity contribution >= 4 is 5.91 Å². The van der Waals surface area contributed by atoms with Crippen molar-refractivity contribution in [1.82, 2.24) is 14.8 Å². The summed E-state index contributed by atoms with van der Waals surface area (Å²) in [5.41, 5.74) is 0.666. The predicted molar refractivity (Wildman–Crippen MR) is 87.5 cm³/mol. The summed E-state index contributed by atoms with van der Waals surface area (Å²) < 4.78 is 5.62. The van der Waals surface area contributed by atoms with Crippen molar-refractivity contribution in [2.24, 2.45) is 11.8 Å². The van der Waals surface area contributed by atoms with E-state index in [1.54, 1.807) is 6.20 Å². The summed E-state index contributed by atoms with van der Waals surface area (Å²) >= 11 is 0. The Morgan fingerprint density at radius 1 is 1.09 bits per heavy atom. The van der Waals surface area contributed by atoms with Gasteiger partial charge in [0.15, 0.2) is 0 Å². The molecule has 124 valence electrons. The number of amides is 1. The van der Waals surface area contributed by atoms with Gasteiger partial charge in [0.1, 0.15) is 0 Å². The van der Waals surface area contributed by atoms with Crippen LogP contribution >= 0.6 is 0 Å². The van der Waals surface area contributed by atoms with Crippen LogP contribution in [-0.2, 0) is 0 Å². The van der Waals surface area contributed by atoms with Crippen LogP contribution < -0.4 is 4.74 Å². The van der Waals surface area contributed by atoms with Crippen LogP contribution in [0.1, 0.15) is 36.0 Å². The van der Waals surface area contributed by atoms with Crippen molar-refractivity contribution in [1.29, 1.82) is 0 Å². The molecule has 3 aliphatic rings. The van der Waals surface area contributed by atoms with E-state index in [0.717, 1.165) is 38.7 Å². The average Bonchev–Trinajstić information content (AvgIpc) is 3.49. The van der Waals surface area contributed by atoms with E-state index in [2.05, 4.69) is 9.88 Å². The predicted octanol–water partition coefficient (Wildman–Crippen LogP) is 2.04. The van der Waals surface area contributed by atoms with E-state index >= 15 is 0 Å². The third-order valence-corrected chi connectivity index (χ3v) is 5.02. The van der Waals surface area contributed by atoms with Crippen LogP contribution in [0.4, 0.5) is 0 Å². The largest absolute Gasteiger partial charge is 0.477 e. The first-order valence-corrected chi connectivity index (χ1v) is 8.88. The van der Waals surface area contributed by atoms with Gasteiger partial charge in [0.05, 0.1) is 12.2 Å². The molecule has 0 N–H and O–H groups in total. The van der Waals surface area contributed by atoms with E-state index < -0.39 is 0 Å². The third-order valence-electron chi connectivity index (χ3n) is 5.02. The molecule has 5 nitrogen and oxygen atoms in total. The van der Waals surface area contributed by atoms with Gasteiger partial charge in [-0.15, -0.1) is 0 Å². The monoisotopic (exact) mass is 315 g/mol. The van der Waals surface area contributed by atoms with Crippen LogP contribution in [0.25, 0.3) is 0 Å². The Kier molecular flexibility index (Phi) is 4.21. The molecule has 0 spiro atoms. The Hall–Kier alpha value is -1.62. The van der Waals surface area contributed by atoms with Gasteiger partial charge in [-0.3, -0.25) is 9.69 Å². The summed E-state index contributed by atoms with van der Waals surface area (Å²) in [6.07, 6.45) is 6.97. The second-order valence-corrected chi connectivity index (χ2v) is 7.18. The Morgan fingerprint density at radius 3 is 2.43 bits per heavy atom. The molecule has 0 unspecified atom stereocenters. The molecule has 0 atom stereocenters. The summed E-state index contributed by atoms with van der Waals surface area (Å²) in [7, 11) is 0. The fraction of sp³-hybridized carbons (Fsp3) is 0.667. The number of rotatable bonds is 6. The molecule has 0 radical (unpaired) electrons. The highest BCUT2D eigenvalue weighted by atomic mass is 16.5. The zero-order valence-electron chi connectivity index (χ0n) is 13.6. The highest BCUT2D eigenvalue weighted by molar-refractivity contribution is 5.94. The number of carbonyl (C=O) groups is 1. The Balaban J connectivity index is 1.27. The van der Waals surface area contributed by atoms with Crippen LogP contribution in [0.3, 0.4) is 0 Å². The maximum Gasteiger partial charge on any atom is 0.255 e. The first kappa shape index (κ1) is 14.9. The number of pyridine rings is 1. The quantitative estimate of drug-likeness (QED) is 0.806. The van der Waals surface area contributed by atoms with Gasteiger partial charge in [-0.1, -0.05) is 0 Å². The number of nitrogens with zero attached hydrogens (tertiary/aromatic N) is 3. The highest BCUT2D eigenvalue weighted by Gasteiger charge is 2.28. The van der Waals surface area contributed by atoms with Gasteiger partial charge in [0.25, 0.3) is 5.91 Å². The van der Waals surface area contributed by atoms with E-state index in [-0.39, 0.29) is 5.91 Å². The lowest BCUT2D eigenvalue weighted by molar-refractivity contribution is 0.0631. The lowest BCUT2D eigenvalue weighted by Crippen LogP contribution is -2.49. The highest BCUT2D eigenvalue weighted by Crippen LogP contribution is 2.30. The number of aromatic nitrogens is 1. The van der Waals surface area contributed by atoms with Crippen LogP contribution in [0.15, 0.2) is 18.3 Å². The zero-order valence-corrected chi connectivity index (χ0v) is 13.6. The molecule has 1 aromatic rings. The maximum atomic E-state index is 12.6. The van der Waals surface area contributed by atoms with Gasteiger partial charge in [-0.25, -0.2) is 4.98 Å². The summed E-state index contributed by atoms with van der Waals surface area (Å²) in [6.45, 7) is 5.62. The SMILES string of the molecule is O=C(c1ccc(OCC2CC2)nc1)N1CCN(CC2CC2)CC1. The Labute approximate surface area is 137 Å². The Morgan fingerprint density at radius 2 is 1.83 bits per heavy atom. The van der Waals surface area contributed by atoms with Gasteiger partial charge in [-0.2, -0.15) is 0 Å². The van der Waals surface area contributed by atoms with E-state index in [1.807, 2.05) is 17.0 Å². The van der Waals surface area contributed by atoms with Crippen molar-refractivity contribution in [3.05, 3.63) is 23.9 Å². The lowest BCUT2D eigenvalue weighted by atomic mass is 10.2. The Bertz CT molecular complexity index is 544. The molecule has 1 aliphatic heterocycles. The molecule has 0 aromatic carbocycles. The van der Waals surface area contributed by atoms with Gasteiger partial charge >= 0.3 is 0 Å². The van der Waals surface area contributed by atoms with Crippen LogP contribution in [0.2, 0.25) is 0 Å². The van der Waals surface area contributed by atoms with Gasteiger partial charge < -0.3 is 9.64 Å². The van der Waals surface area contributed by atoms with E-state index in [4.69, 9.17) is 4.74 Å². The topological polar surface area (TPSA) is 45.7 Å². The molecule has 2 heterocycles. The van der Waals surface area contributed by atoms with Crippen LogP contribution in [0, 0.1) is 11.8 Å². The molecule has 2 saturated carbocycles. The molecule has 23 heavy (non-hydrogen) atoms. The minimum absolute atomic E-state index is 0.0947. The molecule has 1 saturated heterocycles. The van der Waals surface area contributed by atoms with Gasteiger partial charge in [0.2, 0.25) is 5.88 Å². The first-order chi connectivity index (χ1) is 11.3. The van der Waals surface area contributed by atoms with Gasteiger partial charge in [-0.05, 0) is 43.6 Å². The van der Waals surface area contributed by atoms with Crippen LogP contribution in [-0.4, -0.2) is 60.0 Å². The second kappa shape index (κ2) is 6.48. The number of hydrogen-bond donors (Lipinski definition) is 0. The number of hydrogen-bond acceptors (Lipinski definition) is 4. The van der Waals surface area contributed by atoms with E-state index in [0.29, 0.717) is 17.4 Å². The summed E-state index contributed by atoms with van der Waals surface area (Å²) in [5, 5.41) is 0. The molecular weight excluding hydrogens is 290 g/mol. The standard InChI is InChI=1S/C18H25N3O2/c22-18(21-9-7-20(8-10-21)12-14-1-2-14)16-5-6-17(19-11-16)23-13-15-3-4-15/h5-6,11,14-15H,1-4,7-10,12-13H2. The minimum Gasteiger partial charge on any atom is -0.477 e. The normalized spacial score (nSPS) is 22.2. The minimum atomic E-state index is 0.0947. The lowest BCUT2D eigenvalue weighted by Gasteiger charge is -2.34. The second-order valence-electron chi connectivity index (χ2n) is 7.18. The molecule has 4 rings (SSSR count). The smallest absolute Gasteiger partial charge is 0.255 e. The van der Waals surface area contributed by atoms with E-state index in [9.17, 15) is 4.79 Å². The summed E-state index contributed by atoms with van der Waals surface area (Å²) in [5.74, 6) is 2.36. The van der Waals surface area contributed by atoms with Gasteiger partial charge in [0, 0.05) is 45.0 Å². The molecule has 5 heteroatoms. The molecule has 0 bridgehead atoms. The fourth-order valence-corrected chi connectivity index (χ4v) is 3.06. The van der Waals surface area contributed by atoms with Crippen molar-refractivity contribution in [2.45, 2.75) is 25.7 Å². The zero-order chi connectivity index (χ0) is 15.6. The van der Waals surface area contributed by atoms with Crippen LogP contribution in [0.5, 0.6) is 5.88 Å². The number of ether oxygens (including phenoxy) is 1. The molecular formula is C18H25N3O2. The number of piperazine rings is 1. The molecule has 1 aromatic heterocycles. The molecule has 3 fully saturated rings. The van der Waals surface area contributed by atoms with E-state index in [1.165, 1.54) is 32.2 Å². The first-order valence-electron chi connectivity index (χ1n) is 8.88. The third kappa shape index (κ3) is 4.02. The summed E-state index contributed by atoms with van der Waals surface area (Å²) in [6, 6.07) is 3.66. The summed E-state index contributed by atoms with van der Waals surface area (Å²) in [4.78, 5) is 21.3. The molecule has 2 aliphatic carbocycles. The maximum absolute atomic E-state index is 12.6. The molecule has 1 amide bonds. The van der Waals surface area contributed by atoms with Crippen molar-refractivity contribution < 1.29 is 9.53 Å². The fourth-order valence-electron chi connectivity index (χ4n) is 3.06. The van der Waals surface area contributed by atoms with Crippen molar-refractivity contribution in [3.8, 4) is 5.88 Å². The number of carbonyl (C=O) groups excluding carboxylic acids is 1.